The lowest BCUT2D eigenvalue weighted by Gasteiger charge is -2.27. The molecule has 34 heavy (non-hydrogen) atoms. The molecule has 1 fully saturated rings. The smallest absolute Gasteiger partial charge is 0.420 e. The van der Waals surface area contributed by atoms with Gasteiger partial charge in [-0.15, -0.1) is 0 Å². The third-order valence-corrected chi connectivity index (χ3v) is 7.00. The van der Waals surface area contributed by atoms with Crippen molar-refractivity contribution in [1.29, 1.82) is 0 Å². The Morgan fingerprint density at radius 2 is 2.03 bits per heavy atom. The summed E-state index contributed by atoms with van der Waals surface area (Å²) in [6, 6.07) is 12.8. The van der Waals surface area contributed by atoms with Crippen molar-refractivity contribution in [2.45, 2.75) is 13.0 Å². The molecule has 1 saturated heterocycles. The first-order valence-corrected chi connectivity index (χ1v) is 12.1. The van der Waals surface area contributed by atoms with E-state index in [0.717, 1.165) is 49.5 Å². The topological polar surface area (TPSA) is 90.0 Å². The normalized spacial score (nSPS) is 14.6. The third-order valence-electron chi connectivity index (χ3n) is 5.94. The molecule has 1 aliphatic rings. The number of ether oxygens (including phenoxy) is 2. The molecule has 0 atom stereocenters. The van der Waals surface area contributed by atoms with E-state index in [0.29, 0.717) is 28.5 Å². The van der Waals surface area contributed by atoms with Crippen molar-refractivity contribution in [1.82, 2.24) is 14.5 Å². The van der Waals surface area contributed by atoms with Gasteiger partial charge in [0, 0.05) is 32.2 Å². The molecular weight excluding hydrogens is 456 g/mol. The minimum atomic E-state index is -0.545. The number of para-hydroxylation sites is 2. The van der Waals surface area contributed by atoms with Gasteiger partial charge < -0.3 is 13.9 Å². The summed E-state index contributed by atoms with van der Waals surface area (Å²) in [4.78, 5) is 34.7. The van der Waals surface area contributed by atoms with Crippen molar-refractivity contribution in [3.8, 4) is 5.75 Å². The Labute approximate surface area is 200 Å². The van der Waals surface area contributed by atoms with Crippen LogP contribution in [0.25, 0.3) is 21.3 Å². The fourth-order valence-electron chi connectivity index (χ4n) is 4.13. The summed E-state index contributed by atoms with van der Waals surface area (Å²) in [5.41, 5.74) is 1.84. The van der Waals surface area contributed by atoms with Gasteiger partial charge in [-0.2, -0.15) is 0 Å². The highest BCUT2D eigenvalue weighted by Crippen LogP contribution is 2.31. The third kappa shape index (κ3) is 4.70. The Hall–Kier alpha value is -3.21. The molecule has 9 nitrogen and oxygen atoms in total. The number of morpholine rings is 1. The van der Waals surface area contributed by atoms with Gasteiger partial charge in [0.15, 0.2) is 10.7 Å². The number of amides is 1. The van der Waals surface area contributed by atoms with Crippen LogP contribution < -0.4 is 15.4 Å². The monoisotopic (exact) mass is 482 g/mol. The van der Waals surface area contributed by atoms with E-state index < -0.39 is 5.76 Å². The molecule has 0 radical (unpaired) electrons. The maximum atomic E-state index is 13.5. The molecule has 0 bridgehead atoms. The number of methoxy groups -OCH3 is 1. The second kappa shape index (κ2) is 9.96. The van der Waals surface area contributed by atoms with E-state index in [1.54, 1.807) is 30.2 Å². The lowest BCUT2D eigenvalue weighted by molar-refractivity contribution is -0.119. The van der Waals surface area contributed by atoms with E-state index in [2.05, 4.69) is 4.90 Å². The number of hydrogen-bond donors (Lipinski definition) is 0. The van der Waals surface area contributed by atoms with Crippen molar-refractivity contribution in [2.75, 3.05) is 51.4 Å². The minimum Gasteiger partial charge on any atom is -0.497 e. The summed E-state index contributed by atoms with van der Waals surface area (Å²) in [5, 5.41) is 0.607. The Balaban J connectivity index is 1.41. The highest BCUT2D eigenvalue weighted by molar-refractivity contribution is 7.22. The van der Waals surface area contributed by atoms with Crippen LogP contribution in [0.15, 0.2) is 51.7 Å². The van der Waals surface area contributed by atoms with Crippen LogP contribution in [-0.2, 0) is 16.1 Å². The van der Waals surface area contributed by atoms with Gasteiger partial charge in [0.2, 0.25) is 5.91 Å². The SMILES string of the molecule is COc1ccc2sc(N(CCCN3CCOCC3)C(=O)Cn3c(=O)oc4ccccc43)nc2c1. The van der Waals surface area contributed by atoms with E-state index in [1.165, 1.54) is 15.9 Å². The Bertz CT molecular complexity index is 1350. The number of rotatable bonds is 8. The predicted molar refractivity (Wildman–Crippen MR) is 131 cm³/mol. The van der Waals surface area contributed by atoms with Gasteiger partial charge in [-0.25, -0.2) is 9.78 Å². The summed E-state index contributed by atoms with van der Waals surface area (Å²) in [5.74, 6) is -0.0375. The highest BCUT2D eigenvalue weighted by atomic mass is 32.1. The molecule has 0 aliphatic carbocycles. The van der Waals surface area contributed by atoms with Gasteiger partial charge >= 0.3 is 5.76 Å². The first kappa shape index (κ1) is 22.6. The standard InChI is InChI=1S/C24H26N4O5S/c1-31-17-7-8-21-18(15-17)25-23(34-21)27(10-4-9-26-11-13-32-14-12-26)22(29)16-28-19-5-2-3-6-20(19)33-24(28)30/h2-3,5-8,15H,4,9-14,16H2,1H3. The van der Waals surface area contributed by atoms with Crippen molar-refractivity contribution < 1.29 is 18.7 Å². The van der Waals surface area contributed by atoms with Gasteiger partial charge in [-0.3, -0.25) is 19.2 Å². The quantitative estimate of drug-likeness (QED) is 0.381. The molecular formula is C24H26N4O5S. The maximum Gasteiger partial charge on any atom is 0.420 e. The van der Waals surface area contributed by atoms with Crippen LogP contribution in [0, 0.1) is 0 Å². The number of fused-ring (bicyclic) bond motifs is 2. The average Bonchev–Trinajstić information content (AvgIpc) is 3.42. The molecule has 178 valence electrons. The van der Waals surface area contributed by atoms with Crippen LogP contribution in [0.1, 0.15) is 6.42 Å². The second-order valence-corrected chi connectivity index (χ2v) is 9.11. The zero-order chi connectivity index (χ0) is 23.5. The van der Waals surface area contributed by atoms with Crippen LogP contribution in [-0.4, -0.2) is 66.9 Å². The summed E-state index contributed by atoms with van der Waals surface area (Å²) >= 11 is 1.45. The summed E-state index contributed by atoms with van der Waals surface area (Å²) in [6.07, 6.45) is 0.784. The minimum absolute atomic E-state index is 0.118. The van der Waals surface area contributed by atoms with Gasteiger partial charge in [-0.1, -0.05) is 23.5 Å². The molecule has 1 aliphatic heterocycles. The van der Waals surface area contributed by atoms with E-state index in [4.69, 9.17) is 18.9 Å². The van der Waals surface area contributed by atoms with Gasteiger partial charge in [0.1, 0.15) is 12.3 Å². The Kier molecular flexibility index (Phi) is 6.61. The molecule has 4 aromatic rings. The van der Waals surface area contributed by atoms with Crippen LogP contribution in [0.4, 0.5) is 5.13 Å². The molecule has 5 rings (SSSR count). The molecule has 2 aromatic carbocycles. The first-order valence-electron chi connectivity index (χ1n) is 11.3. The van der Waals surface area contributed by atoms with Crippen LogP contribution in [0.5, 0.6) is 5.75 Å². The largest absolute Gasteiger partial charge is 0.497 e. The molecule has 0 spiro atoms. The van der Waals surface area contributed by atoms with E-state index >= 15 is 0 Å². The lowest BCUT2D eigenvalue weighted by atomic mass is 10.3. The zero-order valence-corrected chi connectivity index (χ0v) is 19.8. The number of benzene rings is 2. The number of oxazole rings is 1. The number of carbonyl (C=O) groups is 1. The average molecular weight is 483 g/mol. The maximum absolute atomic E-state index is 13.5. The molecule has 2 aromatic heterocycles. The van der Waals surface area contributed by atoms with Crippen molar-refractivity contribution >= 4 is 43.7 Å². The fourth-order valence-corrected chi connectivity index (χ4v) is 5.12. The van der Waals surface area contributed by atoms with Crippen LogP contribution >= 0.6 is 11.3 Å². The van der Waals surface area contributed by atoms with Crippen LogP contribution in [0.2, 0.25) is 0 Å². The zero-order valence-electron chi connectivity index (χ0n) is 18.9. The summed E-state index contributed by atoms with van der Waals surface area (Å²) in [7, 11) is 1.61. The Morgan fingerprint density at radius 3 is 2.85 bits per heavy atom. The highest BCUT2D eigenvalue weighted by Gasteiger charge is 2.23. The van der Waals surface area contributed by atoms with Crippen LogP contribution in [0.3, 0.4) is 0 Å². The molecule has 3 heterocycles. The number of carbonyl (C=O) groups excluding carboxylic acids is 1. The number of nitrogens with zero attached hydrogens (tertiary/aromatic N) is 4. The predicted octanol–water partition coefficient (Wildman–Crippen LogP) is 2.97. The molecule has 1 amide bonds. The Morgan fingerprint density at radius 1 is 1.21 bits per heavy atom. The van der Waals surface area contributed by atoms with E-state index in [9.17, 15) is 9.59 Å². The number of thiazole rings is 1. The molecule has 0 N–H and O–H groups in total. The van der Waals surface area contributed by atoms with Gasteiger partial charge in [-0.05, 0) is 30.7 Å². The summed E-state index contributed by atoms with van der Waals surface area (Å²) < 4.78 is 18.4. The fraction of sp³-hybridized carbons (Fsp3) is 0.375. The molecule has 0 unspecified atom stereocenters. The first-order chi connectivity index (χ1) is 16.6. The molecule has 10 heteroatoms. The second-order valence-electron chi connectivity index (χ2n) is 8.10. The molecule has 0 saturated carbocycles. The van der Waals surface area contributed by atoms with Crippen molar-refractivity contribution in [2.24, 2.45) is 0 Å². The van der Waals surface area contributed by atoms with Crippen molar-refractivity contribution in [3.05, 3.63) is 53.0 Å². The number of hydrogen-bond acceptors (Lipinski definition) is 8. The van der Waals surface area contributed by atoms with E-state index in [1.807, 2.05) is 24.3 Å². The van der Waals surface area contributed by atoms with Gasteiger partial charge in [0.25, 0.3) is 0 Å². The van der Waals surface area contributed by atoms with E-state index in [-0.39, 0.29) is 12.5 Å². The number of aromatic nitrogens is 2. The number of anilines is 1. The summed E-state index contributed by atoms with van der Waals surface area (Å²) in [6.45, 7) is 4.50. The lowest BCUT2D eigenvalue weighted by Crippen LogP contribution is -2.40. The van der Waals surface area contributed by atoms with Gasteiger partial charge in [0.05, 0.1) is 36.1 Å². The van der Waals surface area contributed by atoms with Crippen molar-refractivity contribution in [3.63, 3.8) is 0 Å².